The molecule has 1 N–H and O–H groups in total. The van der Waals surface area contributed by atoms with Gasteiger partial charge in [-0.1, -0.05) is 0 Å². The molecule has 1 aromatic rings. The van der Waals surface area contributed by atoms with E-state index in [0.717, 1.165) is 23.5 Å². The molecule has 0 aromatic carbocycles. The first kappa shape index (κ1) is 7.95. The van der Waals surface area contributed by atoms with E-state index >= 15 is 0 Å². The Morgan fingerprint density at radius 2 is 2.42 bits per heavy atom. The van der Waals surface area contributed by atoms with Crippen LogP contribution in [0.4, 0.5) is 0 Å². The number of Topliss-reactive ketones (excluding diaryl/α,β-unsaturated/α-hetero) is 1. The molecule has 12 heavy (non-hydrogen) atoms. The third-order valence-electron chi connectivity index (χ3n) is 2.24. The summed E-state index contributed by atoms with van der Waals surface area (Å²) >= 11 is 1.56. The summed E-state index contributed by atoms with van der Waals surface area (Å²) in [7, 11) is 0. The van der Waals surface area contributed by atoms with Crippen molar-refractivity contribution < 1.29 is 4.79 Å². The van der Waals surface area contributed by atoms with Gasteiger partial charge < -0.3 is 5.32 Å². The van der Waals surface area contributed by atoms with Crippen LogP contribution in [0.5, 0.6) is 0 Å². The first-order chi connectivity index (χ1) is 5.79. The second kappa shape index (κ2) is 2.99. The van der Waals surface area contributed by atoms with Gasteiger partial charge in [-0.2, -0.15) is 0 Å². The number of nitrogens with one attached hydrogen (secondary N) is 1. The molecule has 1 aromatic heterocycles. The minimum absolute atomic E-state index is 0.238. The molecular formula is C9H11NOS. The number of carbonyl (C=O) groups excluding carboxylic acids is 1. The van der Waals surface area contributed by atoms with E-state index in [1.54, 1.807) is 11.3 Å². The van der Waals surface area contributed by atoms with Gasteiger partial charge in [0, 0.05) is 19.0 Å². The highest BCUT2D eigenvalue weighted by Gasteiger charge is 2.27. The lowest BCUT2D eigenvalue weighted by Gasteiger charge is -2.25. The molecule has 0 spiro atoms. The van der Waals surface area contributed by atoms with Gasteiger partial charge in [0.05, 0.1) is 4.88 Å². The molecule has 1 aliphatic rings. The minimum Gasteiger partial charge on any atom is -0.315 e. The van der Waals surface area contributed by atoms with Crippen molar-refractivity contribution in [2.75, 3.05) is 13.1 Å². The Labute approximate surface area is 75.6 Å². The predicted molar refractivity (Wildman–Crippen MR) is 49.7 cm³/mol. The highest BCUT2D eigenvalue weighted by atomic mass is 32.1. The normalized spacial score (nSPS) is 17.4. The molecule has 0 bridgehead atoms. The van der Waals surface area contributed by atoms with Crippen LogP contribution in [0.3, 0.4) is 0 Å². The van der Waals surface area contributed by atoms with Crippen LogP contribution >= 0.6 is 11.3 Å². The summed E-state index contributed by atoms with van der Waals surface area (Å²) in [6, 6.07) is 2.00. The van der Waals surface area contributed by atoms with E-state index in [4.69, 9.17) is 0 Å². The van der Waals surface area contributed by atoms with Gasteiger partial charge in [-0.3, -0.25) is 4.79 Å². The zero-order valence-electron chi connectivity index (χ0n) is 6.96. The standard InChI is InChI=1S/C9H11NOS/c1-6-2-3-12-9(6)8(11)7-4-10-5-7/h2-3,7,10H,4-5H2,1H3. The number of hydrogen-bond donors (Lipinski definition) is 1. The number of carbonyl (C=O) groups is 1. The van der Waals surface area contributed by atoms with Gasteiger partial charge in [-0.15, -0.1) is 11.3 Å². The quantitative estimate of drug-likeness (QED) is 0.700. The summed E-state index contributed by atoms with van der Waals surface area (Å²) in [6.07, 6.45) is 0. The summed E-state index contributed by atoms with van der Waals surface area (Å²) in [5, 5.41) is 5.09. The fraction of sp³-hybridized carbons (Fsp3) is 0.444. The van der Waals surface area contributed by atoms with E-state index in [1.165, 1.54) is 0 Å². The fourth-order valence-corrected chi connectivity index (χ4v) is 2.23. The molecule has 0 saturated carbocycles. The lowest BCUT2D eigenvalue weighted by atomic mass is 9.96. The summed E-state index contributed by atoms with van der Waals surface area (Å²) < 4.78 is 0. The molecule has 2 nitrogen and oxygen atoms in total. The third-order valence-corrected chi connectivity index (χ3v) is 3.27. The van der Waals surface area contributed by atoms with Gasteiger partial charge >= 0.3 is 0 Å². The molecule has 0 unspecified atom stereocenters. The van der Waals surface area contributed by atoms with Crippen molar-refractivity contribution in [3.05, 3.63) is 21.9 Å². The summed E-state index contributed by atoms with van der Waals surface area (Å²) in [5.41, 5.74) is 1.12. The molecule has 0 atom stereocenters. The third kappa shape index (κ3) is 1.19. The van der Waals surface area contributed by atoms with Crippen molar-refractivity contribution in [1.29, 1.82) is 0 Å². The lowest BCUT2D eigenvalue weighted by Crippen LogP contribution is -2.46. The van der Waals surface area contributed by atoms with E-state index in [-0.39, 0.29) is 5.92 Å². The molecule has 2 heterocycles. The summed E-state index contributed by atoms with van der Waals surface area (Å²) in [5.74, 6) is 0.559. The maximum absolute atomic E-state index is 11.7. The van der Waals surface area contributed by atoms with Crippen LogP contribution in [0.15, 0.2) is 11.4 Å². The van der Waals surface area contributed by atoms with Crippen LogP contribution in [0.25, 0.3) is 0 Å². The zero-order valence-corrected chi connectivity index (χ0v) is 7.78. The average molecular weight is 181 g/mol. The largest absolute Gasteiger partial charge is 0.315 e. The molecule has 1 aliphatic heterocycles. The topological polar surface area (TPSA) is 29.1 Å². The summed E-state index contributed by atoms with van der Waals surface area (Å²) in [6.45, 7) is 3.71. The molecule has 3 heteroatoms. The first-order valence-electron chi connectivity index (χ1n) is 4.08. The smallest absolute Gasteiger partial charge is 0.178 e. The Morgan fingerprint density at radius 1 is 1.67 bits per heavy atom. The Bertz CT molecular complexity index is 301. The van der Waals surface area contributed by atoms with Crippen molar-refractivity contribution in [3.63, 3.8) is 0 Å². The van der Waals surface area contributed by atoms with Crippen molar-refractivity contribution in [2.24, 2.45) is 5.92 Å². The summed E-state index contributed by atoms with van der Waals surface area (Å²) in [4.78, 5) is 12.6. The molecule has 1 saturated heterocycles. The first-order valence-corrected chi connectivity index (χ1v) is 4.96. The Kier molecular flexibility index (Phi) is 1.98. The second-order valence-corrected chi connectivity index (χ2v) is 4.07. The second-order valence-electron chi connectivity index (χ2n) is 3.15. The average Bonchev–Trinajstić information content (AvgIpc) is 2.31. The molecular weight excluding hydrogens is 170 g/mol. The van der Waals surface area contributed by atoms with Crippen LogP contribution in [0.2, 0.25) is 0 Å². The van der Waals surface area contributed by atoms with Crippen molar-refractivity contribution in [1.82, 2.24) is 5.32 Å². The van der Waals surface area contributed by atoms with Crippen LogP contribution in [-0.4, -0.2) is 18.9 Å². The highest BCUT2D eigenvalue weighted by Crippen LogP contribution is 2.21. The van der Waals surface area contributed by atoms with Gasteiger partial charge in [-0.25, -0.2) is 0 Å². The van der Waals surface area contributed by atoms with Gasteiger partial charge in [0.25, 0.3) is 0 Å². The Balaban J connectivity index is 2.19. The van der Waals surface area contributed by atoms with E-state index in [9.17, 15) is 4.79 Å². The molecule has 2 rings (SSSR count). The molecule has 1 fully saturated rings. The number of hydrogen-bond acceptors (Lipinski definition) is 3. The Hall–Kier alpha value is -0.670. The predicted octanol–water partition coefficient (Wildman–Crippen LogP) is 1.46. The molecule has 0 radical (unpaired) electrons. The molecule has 0 aliphatic carbocycles. The Morgan fingerprint density at radius 3 is 2.83 bits per heavy atom. The van der Waals surface area contributed by atoms with Crippen LogP contribution in [0.1, 0.15) is 15.2 Å². The van der Waals surface area contributed by atoms with Gasteiger partial charge in [0.1, 0.15) is 0 Å². The minimum atomic E-state index is 0.238. The van der Waals surface area contributed by atoms with E-state index in [0.29, 0.717) is 5.78 Å². The number of ketones is 1. The van der Waals surface area contributed by atoms with E-state index in [1.807, 2.05) is 18.4 Å². The monoisotopic (exact) mass is 181 g/mol. The van der Waals surface area contributed by atoms with Crippen molar-refractivity contribution >= 4 is 17.1 Å². The van der Waals surface area contributed by atoms with Crippen molar-refractivity contribution in [3.8, 4) is 0 Å². The van der Waals surface area contributed by atoms with Gasteiger partial charge in [-0.05, 0) is 23.9 Å². The van der Waals surface area contributed by atoms with E-state index < -0.39 is 0 Å². The highest BCUT2D eigenvalue weighted by molar-refractivity contribution is 7.12. The molecule has 0 amide bonds. The van der Waals surface area contributed by atoms with Crippen molar-refractivity contribution in [2.45, 2.75) is 6.92 Å². The maximum atomic E-state index is 11.7. The maximum Gasteiger partial charge on any atom is 0.178 e. The van der Waals surface area contributed by atoms with Crippen LogP contribution in [0, 0.1) is 12.8 Å². The molecule has 64 valence electrons. The van der Waals surface area contributed by atoms with E-state index in [2.05, 4.69) is 5.32 Å². The van der Waals surface area contributed by atoms with Gasteiger partial charge in [0.2, 0.25) is 0 Å². The van der Waals surface area contributed by atoms with Crippen LogP contribution < -0.4 is 5.32 Å². The number of thiophene rings is 1. The van der Waals surface area contributed by atoms with Crippen LogP contribution in [-0.2, 0) is 0 Å². The fourth-order valence-electron chi connectivity index (χ4n) is 1.28. The number of aryl methyl sites for hydroxylation is 1. The number of rotatable bonds is 2. The lowest BCUT2D eigenvalue weighted by molar-refractivity contribution is 0.0882. The van der Waals surface area contributed by atoms with Gasteiger partial charge in [0.15, 0.2) is 5.78 Å². The SMILES string of the molecule is Cc1ccsc1C(=O)C1CNC1. The zero-order chi connectivity index (χ0) is 8.55.